The number of carbonyl (C=O) groups is 1. The van der Waals surface area contributed by atoms with E-state index in [0.717, 1.165) is 32.5 Å². The third kappa shape index (κ3) is 4.96. The molecule has 2 saturated heterocycles. The SMILES string of the molecule is CC(C)Nc1nc(Nc2ccc(C(=O)N3CCN(C4COC4)CC3)c3c2OCCO3)nc2[nH]cc(C(F)(F)F)c12. The van der Waals surface area contributed by atoms with Crippen LogP contribution >= 0.6 is 0 Å². The van der Waals surface area contributed by atoms with Crippen LogP contribution in [0.4, 0.5) is 30.6 Å². The number of aromatic nitrogens is 3. The van der Waals surface area contributed by atoms with Crippen LogP contribution < -0.4 is 20.1 Å². The number of piperazine rings is 1. The molecule has 2 aromatic heterocycles. The zero-order valence-corrected chi connectivity index (χ0v) is 22.1. The van der Waals surface area contributed by atoms with E-state index in [0.29, 0.717) is 41.9 Å². The van der Waals surface area contributed by atoms with E-state index in [-0.39, 0.29) is 48.0 Å². The third-order valence-corrected chi connectivity index (χ3v) is 7.17. The summed E-state index contributed by atoms with van der Waals surface area (Å²) in [5.41, 5.74) is -0.00801. The summed E-state index contributed by atoms with van der Waals surface area (Å²) in [6.45, 7) is 8.38. The lowest BCUT2D eigenvalue weighted by Crippen LogP contribution is -2.57. The van der Waals surface area contributed by atoms with E-state index in [1.807, 2.05) is 0 Å². The predicted octanol–water partition coefficient (Wildman–Crippen LogP) is 3.47. The van der Waals surface area contributed by atoms with Crippen molar-refractivity contribution in [3.8, 4) is 11.5 Å². The number of rotatable bonds is 6. The molecule has 3 aliphatic heterocycles. The van der Waals surface area contributed by atoms with Crippen LogP contribution in [0.1, 0.15) is 29.8 Å². The second-order valence-electron chi connectivity index (χ2n) is 10.3. The van der Waals surface area contributed by atoms with Crippen molar-refractivity contribution in [3.63, 3.8) is 0 Å². The highest BCUT2D eigenvalue weighted by Gasteiger charge is 2.36. The van der Waals surface area contributed by atoms with E-state index >= 15 is 0 Å². The average Bonchev–Trinajstić information content (AvgIpc) is 3.33. The molecule has 0 spiro atoms. The molecule has 0 radical (unpaired) electrons. The Balaban J connectivity index is 1.28. The van der Waals surface area contributed by atoms with Gasteiger partial charge in [0, 0.05) is 38.4 Å². The molecule has 0 unspecified atom stereocenters. The van der Waals surface area contributed by atoms with Crippen molar-refractivity contribution >= 4 is 34.4 Å². The first-order valence-electron chi connectivity index (χ1n) is 13.2. The van der Waals surface area contributed by atoms with Gasteiger partial charge in [0.05, 0.1) is 41.5 Å². The quantitative estimate of drug-likeness (QED) is 0.416. The number of anilines is 3. The summed E-state index contributed by atoms with van der Waals surface area (Å²) in [7, 11) is 0. The summed E-state index contributed by atoms with van der Waals surface area (Å²) in [5, 5.41) is 5.90. The number of amides is 1. The second-order valence-corrected chi connectivity index (χ2v) is 10.3. The molecule has 0 saturated carbocycles. The fraction of sp³-hybridized carbons (Fsp3) is 0.500. The number of carbonyl (C=O) groups excluding carboxylic acids is 1. The van der Waals surface area contributed by atoms with Crippen LogP contribution in [-0.2, 0) is 10.9 Å². The van der Waals surface area contributed by atoms with Gasteiger partial charge < -0.3 is 34.7 Å². The molecule has 0 bridgehead atoms. The number of H-pyrrole nitrogens is 1. The molecular weight excluding hydrogens is 531 g/mol. The van der Waals surface area contributed by atoms with Gasteiger partial charge in [-0.25, -0.2) is 0 Å². The molecule has 214 valence electrons. The molecule has 11 nitrogen and oxygen atoms in total. The normalized spacial score (nSPS) is 18.2. The molecule has 14 heteroatoms. The highest BCUT2D eigenvalue weighted by Crippen LogP contribution is 2.43. The fourth-order valence-electron chi connectivity index (χ4n) is 5.11. The maximum Gasteiger partial charge on any atom is 0.418 e. The summed E-state index contributed by atoms with van der Waals surface area (Å²) < 4.78 is 58.0. The number of fused-ring (bicyclic) bond motifs is 2. The number of halogens is 3. The second kappa shape index (κ2) is 10.3. The lowest BCUT2D eigenvalue weighted by Gasteiger charge is -2.42. The number of hydrogen-bond donors (Lipinski definition) is 3. The van der Waals surface area contributed by atoms with Crippen LogP contribution in [0.15, 0.2) is 18.3 Å². The highest BCUT2D eigenvalue weighted by molar-refractivity contribution is 5.99. The van der Waals surface area contributed by atoms with Gasteiger partial charge in [-0.05, 0) is 26.0 Å². The van der Waals surface area contributed by atoms with E-state index in [4.69, 9.17) is 14.2 Å². The molecule has 3 N–H and O–H groups in total. The van der Waals surface area contributed by atoms with E-state index in [9.17, 15) is 18.0 Å². The minimum atomic E-state index is -4.57. The zero-order chi connectivity index (χ0) is 28.0. The minimum Gasteiger partial charge on any atom is -0.485 e. The standard InChI is InChI=1S/C26H30F3N7O4/c1-14(2)31-23-19-17(26(27,28)29)11-30-22(19)33-25(34-23)32-18-4-3-16(20-21(18)40-10-9-39-20)24(37)36-7-5-35(6-8-36)15-12-38-13-15/h3-4,11,14-15H,5-10,12-13H2,1-2H3,(H3,30,31,32,33,34). The van der Waals surface area contributed by atoms with Gasteiger partial charge >= 0.3 is 6.18 Å². The first kappa shape index (κ1) is 26.4. The number of nitrogens with zero attached hydrogens (tertiary/aromatic N) is 4. The van der Waals surface area contributed by atoms with Crippen LogP contribution in [0.5, 0.6) is 11.5 Å². The van der Waals surface area contributed by atoms with Crippen molar-refractivity contribution in [2.24, 2.45) is 0 Å². The molecule has 3 aromatic rings. The van der Waals surface area contributed by atoms with Crippen molar-refractivity contribution in [3.05, 3.63) is 29.5 Å². The Morgan fingerprint density at radius 3 is 2.45 bits per heavy atom. The Morgan fingerprint density at radius 2 is 1.80 bits per heavy atom. The summed E-state index contributed by atoms with van der Waals surface area (Å²) >= 11 is 0. The van der Waals surface area contributed by atoms with Gasteiger partial charge in [0.25, 0.3) is 5.91 Å². The highest BCUT2D eigenvalue weighted by atomic mass is 19.4. The third-order valence-electron chi connectivity index (χ3n) is 7.17. The molecule has 3 aliphatic rings. The molecule has 1 amide bonds. The van der Waals surface area contributed by atoms with Gasteiger partial charge in [-0.2, -0.15) is 23.1 Å². The van der Waals surface area contributed by atoms with Gasteiger partial charge in [0.1, 0.15) is 24.7 Å². The Hall–Kier alpha value is -3.78. The topological polar surface area (TPSA) is 117 Å². The molecule has 0 aliphatic carbocycles. The van der Waals surface area contributed by atoms with Crippen LogP contribution in [0.25, 0.3) is 11.0 Å². The molecule has 5 heterocycles. The Morgan fingerprint density at radius 1 is 1.07 bits per heavy atom. The number of aromatic amines is 1. The summed E-state index contributed by atoms with van der Waals surface area (Å²) in [6, 6.07) is 3.57. The van der Waals surface area contributed by atoms with Gasteiger partial charge in [0.2, 0.25) is 5.95 Å². The van der Waals surface area contributed by atoms with Crippen LogP contribution in [0.3, 0.4) is 0 Å². The van der Waals surface area contributed by atoms with Crippen molar-refractivity contribution in [1.82, 2.24) is 24.8 Å². The van der Waals surface area contributed by atoms with Crippen LogP contribution in [0, 0.1) is 0 Å². The van der Waals surface area contributed by atoms with Gasteiger partial charge in [-0.1, -0.05) is 0 Å². The largest absolute Gasteiger partial charge is 0.485 e. The van der Waals surface area contributed by atoms with E-state index in [2.05, 4.69) is 30.5 Å². The molecule has 6 rings (SSSR count). The Labute approximate surface area is 228 Å². The molecular formula is C26H30F3N7O4. The maximum atomic E-state index is 13.6. The lowest BCUT2D eigenvalue weighted by atomic mass is 10.1. The van der Waals surface area contributed by atoms with E-state index < -0.39 is 11.7 Å². The van der Waals surface area contributed by atoms with Crippen molar-refractivity contribution in [2.45, 2.75) is 32.1 Å². The van der Waals surface area contributed by atoms with Gasteiger partial charge in [-0.15, -0.1) is 0 Å². The average molecular weight is 562 g/mol. The number of alkyl halides is 3. The molecule has 1 aromatic carbocycles. The van der Waals surface area contributed by atoms with E-state index in [1.165, 1.54) is 0 Å². The van der Waals surface area contributed by atoms with Gasteiger partial charge in [0.15, 0.2) is 11.5 Å². The first-order chi connectivity index (χ1) is 19.2. The smallest absolute Gasteiger partial charge is 0.418 e. The minimum absolute atomic E-state index is 0.0263. The lowest BCUT2D eigenvalue weighted by molar-refractivity contribution is -0.136. The van der Waals surface area contributed by atoms with Gasteiger partial charge in [-0.3, -0.25) is 9.69 Å². The number of hydrogen-bond acceptors (Lipinski definition) is 9. The number of nitrogens with one attached hydrogen (secondary N) is 3. The molecule has 40 heavy (non-hydrogen) atoms. The Kier molecular flexibility index (Phi) is 6.82. The summed E-state index contributed by atoms with van der Waals surface area (Å²) in [4.78, 5) is 28.9. The first-order valence-corrected chi connectivity index (χ1v) is 13.2. The maximum absolute atomic E-state index is 13.6. The Bertz CT molecular complexity index is 1420. The fourth-order valence-corrected chi connectivity index (χ4v) is 5.11. The predicted molar refractivity (Wildman–Crippen MR) is 140 cm³/mol. The number of benzene rings is 1. The van der Waals surface area contributed by atoms with Crippen LogP contribution in [0.2, 0.25) is 0 Å². The monoisotopic (exact) mass is 561 g/mol. The van der Waals surface area contributed by atoms with Crippen LogP contribution in [-0.4, -0.2) is 95.3 Å². The van der Waals surface area contributed by atoms with Crippen molar-refractivity contribution in [2.75, 3.05) is 63.2 Å². The number of ether oxygens (including phenoxy) is 3. The summed E-state index contributed by atoms with van der Waals surface area (Å²) in [5.74, 6) is 0.591. The van der Waals surface area contributed by atoms with E-state index in [1.54, 1.807) is 30.9 Å². The summed E-state index contributed by atoms with van der Waals surface area (Å²) in [6.07, 6.45) is -3.69. The van der Waals surface area contributed by atoms with Crippen molar-refractivity contribution < 1.29 is 32.2 Å². The zero-order valence-electron chi connectivity index (χ0n) is 22.1. The molecule has 2 fully saturated rings. The van der Waals surface area contributed by atoms with Crippen molar-refractivity contribution in [1.29, 1.82) is 0 Å². The molecule has 0 atom stereocenters.